The van der Waals surface area contributed by atoms with Crippen LogP contribution in [-0.2, 0) is 4.79 Å². The fourth-order valence-corrected chi connectivity index (χ4v) is 0.953. The Kier molecular flexibility index (Phi) is 0.872. The summed E-state index contributed by atoms with van der Waals surface area (Å²) in [6.45, 7) is 4.12. The predicted octanol–water partition coefficient (Wildman–Crippen LogP) is 0.518. The monoisotopic (exact) mass is 113 g/mol. The number of amides is 1. The van der Waals surface area contributed by atoms with Crippen LogP contribution in [0.15, 0.2) is 0 Å². The summed E-state index contributed by atoms with van der Waals surface area (Å²) in [6, 6.07) is 0. The lowest BCUT2D eigenvalue weighted by atomic mass is 10.1. The zero-order valence-electron chi connectivity index (χ0n) is 5.27. The van der Waals surface area contributed by atoms with Gasteiger partial charge < -0.3 is 5.73 Å². The van der Waals surface area contributed by atoms with Gasteiger partial charge in [-0.05, 0) is 11.8 Å². The van der Waals surface area contributed by atoms with Crippen LogP contribution in [0.3, 0.4) is 0 Å². The first-order valence-corrected chi connectivity index (χ1v) is 2.83. The molecular formula is C6H11NO. The van der Waals surface area contributed by atoms with Crippen molar-refractivity contribution in [3.05, 3.63) is 0 Å². The van der Waals surface area contributed by atoms with Crippen LogP contribution in [0.5, 0.6) is 0 Å². The minimum Gasteiger partial charge on any atom is -0.369 e. The van der Waals surface area contributed by atoms with Crippen molar-refractivity contribution in [1.82, 2.24) is 0 Å². The Balaban J connectivity index is 2.48. The molecule has 0 heterocycles. The Hall–Kier alpha value is -0.530. The molecule has 8 heavy (non-hydrogen) atoms. The molecule has 0 aromatic heterocycles. The van der Waals surface area contributed by atoms with E-state index in [4.69, 9.17) is 5.73 Å². The fourth-order valence-electron chi connectivity index (χ4n) is 0.953. The maximum atomic E-state index is 10.4. The SMILES string of the molecule is CC1(C)CC1C(N)=O. The second-order valence-corrected chi connectivity index (χ2v) is 3.15. The van der Waals surface area contributed by atoms with E-state index in [-0.39, 0.29) is 17.2 Å². The summed E-state index contributed by atoms with van der Waals surface area (Å²) in [6.07, 6.45) is 0.975. The number of carbonyl (C=O) groups excluding carboxylic acids is 1. The third-order valence-electron chi connectivity index (χ3n) is 1.86. The molecule has 0 spiro atoms. The molecule has 0 aromatic carbocycles. The van der Waals surface area contributed by atoms with Gasteiger partial charge in [0.15, 0.2) is 0 Å². The van der Waals surface area contributed by atoms with E-state index in [9.17, 15) is 4.79 Å². The maximum Gasteiger partial charge on any atom is 0.221 e. The van der Waals surface area contributed by atoms with Crippen LogP contribution in [0.1, 0.15) is 20.3 Å². The van der Waals surface area contributed by atoms with E-state index >= 15 is 0 Å². The first kappa shape index (κ1) is 5.60. The molecular weight excluding hydrogens is 102 g/mol. The molecule has 0 radical (unpaired) electrons. The predicted molar refractivity (Wildman–Crippen MR) is 31.1 cm³/mol. The average molecular weight is 113 g/mol. The number of carbonyl (C=O) groups is 1. The maximum absolute atomic E-state index is 10.4. The van der Waals surface area contributed by atoms with Crippen molar-refractivity contribution in [2.24, 2.45) is 17.1 Å². The van der Waals surface area contributed by atoms with Crippen LogP contribution in [0.2, 0.25) is 0 Å². The van der Waals surface area contributed by atoms with Gasteiger partial charge in [0.25, 0.3) is 0 Å². The highest BCUT2D eigenvalue weighted by Crippen LogP contribution is 2.51. The van der Waals surface area contributed by atoms with E-state index in [0.29, 0.717) is 0 Å². The molecule has 0 saturated heterocycles. The Morgan fingerprint density at radius 2 is 2.12 bits per heavy atom. The molecule has 1 atom stereocenters. The highest BCUT2D eigenvalue weighted by Gasteiger charge is 2.49. The van der Waals surface area contributed by atoms with E-state index in [2.05, 4.69) is 13.8 Å². The summed E-state index contributed by atoms with van der Waals surface area (Å²) >= 11 is 0. The van der Waals surface area contributed by atoms with E-state index in [1.54, 1.807) is 0 Å². The molecule has 1 unspecified atom stereocenters. The quantitative estimate of drug-likeness (QED) is 0.529. The number of rotatable bonds is 1. The molecule has 1 aliphatic carbocycles. The van der Waals surface area contributed by atoms with E-state index in [0.717, 1.165) is 6.42 Å². The van der Waals surface area contributed by atoms with Crippen LogP contribution in [0, 0.1) is 11.3 Å². The van der Waals surface area contributed by atoms with E-state index < -0.39 is 0 Å². The Morgan fingerprint density at radius 3 is 2.12 bits per heavy atom. The average Bonchev–Trinajstić information content (AvgIpc) is 2.13. The largest absolute Gasteiger partial charge is 0.369 e. The van der Waals surface area contributed by atoms with Crippen molar-refractivity contribution < 1.29 is 4.79 Å². The number of hydrogen-bond donors (Lipinski definition) is 1. The zero-order chi connectivity index (χ0) is 6.36. The molecule has 0 aliphatic heterocycles. The van der Waals surface area contributed by atoms with Crippen molar-refractivity contribution in [2.45, 2.75) is 20.3 Å². The summed E-state index contributed by atoms with van der Waals surface area (Å²) in [7, 11) is 0. The van der Waals surface area contributed by atoms with Crippen molar-refractivity contribution in [2.75, 3.05) is 0 Å². The fraction of sp³-hybridized carbons (Fsp3) is 0.833. The zero-order valence-corrected chi connectivity index (χ0v) is 5.27. The third-order valence-corrected chi connectivity index (χ3v) is 1.86. The second kappa shape index (κ2) is 1.24. The van der Waals surface area contributed by atoms with Gasteiger partial charge in [0.2, 0.25) is 5.91 Å². The first-order chi connectivity index (χ1) is 3.54. The van der Waals surface area contributed by atoms with E-state index in [1.165, 1.54) is 0 Å². The normalized spacial score (nSPS) is 32.0. The summed E-state index contributed by atoms with van der Waals surface area (Å²) in [4.78, 5) is 10.4. The Bertz CT molecular complexity index is 128. The highest BCUT2D eigenvalue weighted by atomic mass is 16.1. The molecule has 0 aromatic rings. The van der Waals surface area contributed by atoms with Crippen molar-refractivity contribution >= 4 is 5.91 Å². The summed E-state index contributed by atoms with van der Waals surface area (Å²) in [5.41, 5.74) is 5.25. The minimum atomic E-state index is -0.144. The van der Waals surface area contributed by atoms with Gasteiger partial charge in [-0.15, -0.1) is 0 Å². The Labute approximate surface area is 49.1 Å². The van der Waals surface area contributed by atoms with Gasteiger partial charge in [-0.3, -0.25) is 4.79 Å². The van der Waals surface area contributed by atoms with Gasteiger partial charge in [-0.1, -0.05) is 13.8 Å². The molecule has 2 heteroatoms. The smallest absolute Gasteiger partial charge is 0.221 e. The number of nitrogens with two attached hydrogens (primary N) is 1. The Morgan fingerprint density at radius 1 is 1.75 bits per heavy atom. The lowest BCUT2D eigenvalue weighted by molar-refractivity contribution is -0.119. The molecule has 2 nitrogen and oxygen atoms in total. The van der Waals surface area contributed by atoms with Crippen LogP contribution in [0.25, 0.3) is 0 Å². The molecule has 1 fully saturated rings. The summed E-state index contributed by atoms with van der Waals surface area (Å²) in [5, 5.41) is 0. The van der Waals surface area contributed by atoms with Crippen LogP contribution in [0.4, 0.5) is 0 Å². The lowest BCUT2D eigenvalue weighted by Gasteiger charge is -1.95. The molecule has 0 bridgehead atoms. The van der Waals surface area contributed by atoms with Gasteiger partial charge >= 0.3 is 0 Å². The first-order valence-electron chi connectivity index (χ1n) is 2.83. The lowest BCUT2D eigenvalue weighted by Crippen LogP contribution is -2.15. The number of primary amides is 1. The van der Waals surface area contributed by atoms with Crippen LogP contribution >= 0.6 is 0 Å². The molecule has 1 aliphatic rings. The van der Waals surface area contributed by atoms with Crippen molar-refractivity contribution in [1.29, 1.82) is 0 Å². The van der Waals surface area contributed by atoms with Gasteiger partial charge in [0, 0.05) is 5.92 Å². The van der Waals surface area contributed by atoms with Crippen molar-refractivity contribution in [3.8, 4) is 0 Å². The minimum absolute atomic E-state index is 0.144. The van der Waals surface area contributed by atoms with E-state index in [1.807, 2.05) is 0 Å². The summed E-state index contributed by atoms with van der Waals surface area (Å²) in [5.74, 6) is 0.0116. The molecule has 1 saturated carbocycles. The topological polar surface area (TPSA) is 43.1 Å². The van der Waals surface area contributed by atoms with Crippen LogP contribution < -0.4 is 5.73 Å². The summed E-state index contributed by atoms with van der Waals surface area (Å²) < 4.78 is 0. The van der Waals surface area contributed by atoms with Gasteiger partial charge in [0.05, 0.1) is 0 Å². The standard InChI is InChI=1S/C6H11NO/c1-6(2)3-4(6)5(7)8/h4H,3H2,1-2H3,(H2,7,8). The second-order valence-electron chi connectivity index (χ2n) is 3.15. The van der Waals surface area contributed by atoms with Gasteiger partial charge in [-0.2, -0.15) is 0 Å². The van der Waals surface area contributed by atoms with Gasteiger partial charge in [-0.25, -0.2) is 0 Å². The molecule has 1 amide bonds. The molecule has 1 rings (SSSR count). The number of hydrogen-bond acceptors (Lipinski definition) is 1. The highest BCUT2D eigenvalue weighted by molar-refractivity contribution is 5.80. The van der Waals surface area contributed by atoms with Gasteiger partial charge in [0.1, 0.15) is 0 Å². The third kappa shape index (κ3) is 0.703. The van der Waals surface area contributed by atoms with Crippen molar-refractivity contribution in [3.63, 3.8) is 0 Å². The molecule has 2 N–H and O–H groups in total. The molecule has 46 valence electrons. The van der Waals surface area contributed by atoms with Crippen LogP contribution in [-0.4, -0.2) is 5.91 Å².